The summed E-state index contributed by atoms with van der Waals surface area (Å²) in [5.74, 6) is 0.988. The van der Waals surface area contributed by atoms with E-state index in [1.165, 1.54) is 31.4 Å². The van der Waals surface area contributed by atoms with Gasteiger partial charge in [0.25, 0.3) is 0 Å². The van der Waals surface area contributed by atoms with Gasteiger partial charge in [0.15, 0.2) is 5.82 Å². The van der Waals surface area contributed by atoms with E-state index in [1.54, 1.807) is 0 Å². The van der Waals surface area contributed by atoms with Crippen molar-refractivity contribution >= 4 is 11.5 Å². The molecule has 1 N–H and O–H groups in total. The van der Waals surface area contributed by atoms with Gasteiger partial charge in [-0.15, -0.1) is 10.2 Å². The third-order valence-electron chi connectivity index (χ3n) is 6.67. The van der Waals surface area contributed by atoms with E-state index in [4.69, 9.17) is 0 Å². The van der Waals surface area contributed by atoms with Gasteiger partial charge in [-0.3, -0.25) is 4.68 Å². The van der Waals surface area contributed by atoms with Crippen molar-refractivity contribution in [1.29, 1.82) is 0 Å². The molecule has 1 saturated carbocycles. The van der Waals surface area contributed by atoms with Crippen LogP contribution in [0.4, 0.5) is 11.5 Å². The van der Waals surface area contributed by atoms with Crippen LogP contribution in [0.15, 0.2) is 48.7 Å². The summed E-state index contributed by atoms with van der Waals surface area (Å²) >= 11 is 0. The predicted octanol–water partition coefficient (Wildman–Crippen LogP) is 4.05. The first-order chi connectivity index (χ1) is 14.1. The van der Waals surface area contributed by atoms with Gasteiger partial charge in [0.1, 0.15) is 5.69 Å². The van der Waals surface area contributed by atoms with Crippen LogP contribution in [0.25, 0.3) is 11.4 Å². The molecule has 0 amide bonds. The Labute approximate surface area is 172 Å². The molecule has 0 radical (unpaired) electrons. The van der Waals surface area contributed by atoms with Crippen molar-refractivity contribution in [3.8, 4) is 11.4 Å². The normalized spacial score (nSPS) is 18.6. The number of benzene rings is 1. The lowest BCUT2D eigenvalue weighted by Gasteiger charge is -2.52. The molecule has 0 unspecified atom stereocenters. The molecule has 0 bridgehead atoms. The molecular formula is C23H28N6. The lowest BCUT2D eigenvalue weighted by atomic mass is 9.60. The Kier molecular flexibility index (Phi) is 4.49. The maximum Gasteiger partial charge on any atom is 0.151 e. The molecule has 1 spiro atoms. The third kappa shape index (κ3) is 3.48. The van der Waals surface area contributed by atoms with Crippen molar-refractivity contribution in [2.75, 3.05) is 23.3 Å². The highest BCUT2D eigenvalue weighted by molar-refractivity contribution is 5.59. The number of hydrogen-bond donors (Lipinski definition) is 1. The van der Waals surface area contributed by atoms with Crippen molar-refractivity contribution in [3.63, 3.8) is 0 Å². The highest BCUT2D eigenvalue weighted by atomic mass is 15.3. The van der Waals surface area contributed by atoms with Crippen molar-refractivity contribution in [2.24, 2.45) is 12.5 Å². The molecule has 29 heavy (non-hydrogen) atoms. The number of nitrogens with one attached hydrogen (secondary N) is 1. The Bertz CT molecular complexity index is 943. The van der Waals surface area contributed by atoms with Crippen LogP contribution in [0.1, 0.15) is 31.2 Å². The maximum absolute atomic E-state index is 4.53. The van der Waals surface area contributed by atoms with Gasteiger partial charge in [0, 0.05) is 31.9 Å². The lowest BCUT2D eigenvalue weighted by molar-refractivity contribution is 0.0799. The smallest absolute Gasteiger partial charge is 0.151 e. The molecule has 150 valence electrons. The second kappa shape index (κ2) is 7.17. The van der Waals surface area contributed by atoms with Crippen LogP contribution >= 0.6 is 0 Å². The molecule has 2 aliphatic rings. The van der Waals surface area contributed by atoms with Gasteiger partial charge < -0.3 is 10.2 Å². The number of aryl methyl sites for hydroxylation is 2. The summed E-state index contributed by atoms with van der Waals surface area (Å²) < 4.78 is 1.86. The number of hydrogen-bond acceptors (Lipinski definition) is 5. The standard InChI is InChI=1S/C23H28N6/c1-17-16-24-28(2)22(17)20-8-9-21(27-26-20)29-12-10-23(11-13-29)14-19(15-23)25-18-6-4-3-5-7-18/h3-9,16,19,25H,10-15H2,1-2H3. The first kappa shape index (κ1) is 18.2. The van der Waals surface area contributed by atoms with Crippen LogP contribution in [0.3, 0.4) is 0 Å². The quantitative estimate of drug-likeness (QED) is 0.731. The van der Waals surface area contributed by atoms with Gasteiger partial charge in [-0.1, -0.05) is 18.2 Å². The van der Waals surface area contributed by atoms with E-state index in [1.807, 2.05) is 17.9 Å². The van der Waals surface area contributed by atoms with Crippen molar-refractivity contribution in [3.05, 3.63) is 54.2 Å². The second-order valence-electron chi connectivity index (χ2n) is 8.68. The fourth-order valence-corrected chi connectivity index (χ4v) is 5.01. The summed E-state index contributed by atoms with van der Waals surface area (Å²) in [5.41, 5.74) is 4.80. The molecule has 1 aromatic carbocycles. The molecule has 2 aromatic heterocycles. The molecule has 1 aliphatic carbocycles. The fourth-order valence-electron chi connectivity index (χ4n) is 5.01. The predicted molar refractivity (Wildman–Crippen MR) is 116 cm³/mol. The van der Waals surface area contributed by atoms with E-state index in [9.17, 15) is 0 Å². The highest BCUT2D eigenvalue weighted by Gasteiger charge is 2.45. The summed E-state index contributed by atoms with van der Waals surface area (Å²) in [6.45, 7) is 4.19. The average molecular weight is 389 g/mol. The molecule has 2 fully saturated rings. The minimum Gasteiger partial charge on any atom is -0.382 e. The molecular weight excluding hydrogens is 360 g/mol. The monoisotopic (exact) mass is 388 g/mol. The van der Waals surface area contributed by atoms with Crippen LogP contribution < -0.4 is 10.2 Å². The third-order valence-corrected chi connectivity index (χ3v) is 6.67. The zero-order valence-electron chi connectivity index (χ0n) is 17.2. The highest BCUT2D eigenvalue weighted by Crippen LogP contribution is 2.50. The summed E-state index contributed by atoms with van der Waals surface area (Å²) in [4.78, 5) is 2.39. The number of anilines is 2. The van der Waals surface area contributed by atoms with Gasteiger partial charge in [-0.05, 0) is 67.9 Å². The van der Waals surface area contributed by atoms with Gasteiger partial charge >= 0.3 is 0 Å². The van der Waals surface area contributed by atoms with E-state index < -0.39 is 0 Å². The van der Waals surface area contributed by atoms with Crippen LogP contribution in [0.5, 0.6) is 0 Å². The number of para-hydroxylation sites is 1. The molecule has 1 aliphatic heterocycles. The van der Waals surface area contributed by atoms with Crippen molar-refractivity contribution in [2.45, 2.75) is 38.6 Å². The lowest BCUT2D eigenvalue weighted by Crippen LogP contribution is -2.51. The Hall–Kier alpha value is -2.89. The Morgan fingerprint density at radius 2 is 1.76 bits per heavy atom. The summed E-state index contributed by atoms with van der Waals surface area (Å²) in [7, 11) is 1.94. The first-order valence-corrected chi connectivity index (χ1v) is 10.5. The average Bonchev–Trinajstić information content (AvgIpc) is 3.06. The summed E-state index contributed by atoms with van der Waals surface area (Å²) in [6, 6.07) is 15.4. The maximum atomic E-state index is 4.53. The summed E-state index contributed by atoms with van der Waals surface area (Å²) in [5, 5.41) is 17.0. The number of aromatic nitrogens is 4. The molecule has 5 rings (SSSR count). The molecule has 3 aromatic rings. The molecule has 1 saturated heterocycles. The minimum absolute atomic E-state index is 0.516. The van der Waals surface area contributed by atoms with Crippen LogP contribution in [0.2, 0.25) is 0 Å². The first-order valence-electron chi connectivity index (χ1n) is 10.5. The zero-order valence-corrected chi connectivity index (χ0v) is 17.2. The minimum atomic E-state index is 0.516. The molecule has 6 nitrogen and oxygen atoms in total. The van der Waals surface area contributed by atoms with Crippen molar-refractivity contribution < 1.29 is 0 Å². The Morgan fingerprint density at radius 3 is 2.38 bits per heavy atom. The largest absolute Gasteiger partial charge is 0.382 e. The Balaban J connectivity index is 1.17. The topological polar surface area (TPSA) is 58.9 Å². The fraction of sp³-hybridized carbons (Fsp3) is 0.435. The van der Waals surface area contributed by atoms with E-state index >= 15 is 0 Å². The summed E-state index contributed by atoms with van der Waals surface area (Å²) in [6.07, 6.45) is 6.91. The molecule has 0 atom stereocenters. The van der Waals surface area contributed by atoms with Gasteiger partial charge in [-0.25, -0.2) is 0 Å². The van der Waals surface area contributed by atoms with Gasteiger partial charge in [0.05, 0.1) is 11.9 Å². The zero-order chi connectivity index (χ0) is 19.8. The van der Waals surface area contributed by atoms with Crippen LogP contribution in [-0.4, -0.2) is 39.1 Å². The van der Waals surface area contributed by atoms with Gasteiger partial charge in [0.2, 0.25) is 0 Å². The Morgan fingerprint density at radius 1 is 1.00 bits per heavy atom. The van der Waals surface area contributed by atoms with Crippen LogP contribution in [0, 0.1) is 12.3 Å². The van der Waals surface area contributed by atoms with E-state index in [-0.39, 0.29) is 0 Å². The van der Waals surface area contributed by atoms with E-state index in [2.05, 4.69) is 74.9 Å². The van der Waals surface area contributed by atoms with E-state index in [0.29, 0.717) is 11.5 Å². The number of nitrogens with zero attached hydrogens (tertiary/aromatic N) is 5. The van der Waals surface area contributed by atoms with Crippen molar-refractivity contribution in [1.82, 2.24) is 20.0 Å². The SMILES string of the molecule is Cc1cnn(C)c1-c1ccc(N2CCC3(CC2)CC(Nc2ccccc2)C3)nn1. The second-order valence-corrected chi connectivity index (χ2v) is 8.68. The molecule has 6 heteroatoms. The molecule has 3 heterocycles. The number of piperidine rings is 1. The van der Waals surface area contributed by atoms with Gasteiger partial charge in [-0.2, -0.15) is 5.10 Å². The van der Waals surface area contributed by atoms with Crippen LogP contribution in [-0.2, 0) is 7.05 Å². The number of rotatable bonds is 4. The van der Waals surface area contributed by atoms with E-state index in [0.717, 1.165) is 35.9 Å².